The molecule has 0 fully saturated rings. The number of benzene rings is 2. The molecule has 3 aromatic rings. The molecule has 0 saturated heterocycles. The van der Waals surface area contributed by atoms with Gasteiger partial charge in [-0.25, -0.2) is 9.78 Å². The maximum absolute atomic E-state index is 12.4. The standard InChI is InChI=1S/C20H16N2O4S2/c1-25-16-5-3-2-4-14(16)19-21-13(10-28-19)9-26-20(24)12-6-7-17-15(8-12)22-18(23)11-27-17/h2-8,10H,9,11H2,1H3,(H,22,23). The number of carbonyl (C=O) groups excluding carboxylic acids is 2. The van der Waals surface area contributed by atoms with Crippen LogP contribution in [0.25, 0.3) is 10.6 Å². The van der Waals surface area contributed by atoms with Crippen LogP contribution in [0.3, 0.4) is 0 Å². The van der Waals surface area contributed by atoms with Crippen LogP contribution in [-0.4, -0.2) is 29.7 Å². The van der Waals surface area contributed by atoms with Gasteiger partial charge in [0.25, 0.3) is 0 Å². The minimum Gasteiger partial charge on any atom is -0.496 e. The van der Waals surface area contributed by atoms with Crippen LogP contribution in [0, 0.1) is 0 Å². The molecule has 1 aliphatic rings. The first-order valence-electron chi connectivity index (χ1n) is 8.45. The molecule has 0 saturated carbocycles. The van der Waals surface area contributed by atoms with Crippen molar-refractivity contribution in [3.8, 4) is 16.3 Å². The van der Waals surface area contributed by atoms with Crippen molar-refractivity contribution in [3.63, 3.8) is 0 Å². The Kier molecular flexibility index (Phi) is 5.31. The van der Waals surface area contributed by atoms with Gasteiger partial charge in [-0.2, -0.15) is 0 Å². The number of rotatable bonds is 5. The number of anilines is 1. The van der Waals surface area contributed by atoms with Crippen LogP contribution in [-0.2, 0) is 16.1 Å². The van der Waals surface area contributed by atoms with Gasteiger partial charge in [0.05, 0.1) is 35.4 Å². The number of hydrogen-bond donors (Lipinski definition) is 1. The molecule has 0 radical (unpaired) electrons. The molecule has 0 unspecified atom stereocenters. The first kappa shape index (κ1) is 18.5. The van der Waals surface area contributed by atoms with E-state index < -0.39 is 5.97 Å². The molecular formula is C20H16N2O4S2. The molecule has 28 heavy (non-hydrogen) atoms. The summed E-state index contributed by atoms with van der Waals surface area (Å²) in [4.78, 5) is 29.4. The summed E-state index contributed by atoms with van der Waals surface area (Å²) in [5, 5.41) is 5.43. The van der Waals surface area contributed by atoms with Crippen LogP contribution in [0.2, 0.25) is 0 Å². The van der Waals surface area contributed by atoms with Gasteiger partial charge in [-0.1, -0.05) is 12.1 Å². The lowest BCUT2D eigenvalue weighted by atomic mass is 10.2. The molecule has 1 N–H and O–H groups in total. The monoisotopic (exact) mass is 412 g/mol. The maximum Gasteiger partial charge on any atom is 0.338 e. The predicted octanol–water partition coefficient (Wildman–Crippen LogP) is 4.22. The largest absolute Gasteiger partial charge is 0.496 e. The number of hydrogen-bond acceptors (Lipinski definition) is 7. The van der Waals surface area contributed by atoms with E-state index in [1.54, 1.807) is 19.2 Å². The first-order valence-corrected chi connectivity index (χ1v) is 10.3. The topological polar surface area (TPSA) is 77.5 Å². The van der Waals surface area contributed by atoms with Crippen molar-refractivity contribution in [2.75, 3.05) is 18.2 Å². The number of ether oxygens (including phenoxy) is 2. The van der Waals surface area contributed by atoms with Gasteiger partial charge in [-0.05, 0) is 30.3 Å². The number of carbonyl (C=O) groups is 2. The molecule has 1 aromatic heterocycles. The molecular weight excluding hydrogens is 396 g/mol. The van der Waals surface area contributed by atoms with Crippen molar-refractivity contribution in [3.05, 3.63) is 59.1 Å². The zero-order chi connectivity index (χ0) is 19.5. The number of amides is 1. The fourth-order valence-corrected chi connectivity index (χ4v) is 4.37. The van der Waals surface area contributed by atoms with Gasteiger partial charge < -0.3 is 14.8 Å². The van der Waals surface area contributed by atoms with Crippen molar-refractivity contribution >= 4 is 40.7 Å². The van der Waals surface area contributed by atoms with E-state index >= 15 is 0 Å². The molecule has 2 heterocycles. The van der Waals surface area contributed by atoms with Gasteiger partial charge in [0.15, 0.2) is 0 Å². The molecule has 8 heteroatoms. The summed E-state index contributed by atoms with van der Waals surface area (Å²) in [5.41, 5.74) is 2.60. The zero-order valence-electron chi connectivity index (χ0n) is 14.9. The Morgan fingerprint density at radius 3 is 2.96 bits per heavy atom. The van der Waals surface area contributed by atoms with Gasteiger partial charge in [-0.3, -0.25) is 4.79 Å². The number of nitrogens with zero attached hydrogens (tertiary/aromatic N) is 1. The van der Waals surface area contributed by atoms with Crippen molar-refractivity contribution in [1.29, 1.82) is 0 Å². The van der Waals surface area contributed by atoms with Crippen LogP contribution in [0.1, 0.15) is 16.1 Å². The molecule has 1 amide bonds. The minimum absolute atomic E-state index is 0.0721. The van der Waals surface area contributed by atoms with Crippen molar-refractivity contribution in [2.24, 2.45) is 0 Å². The maximum atomic E-state index is 12.4. The van der Waals surface area contributed by atoms with Crippen LogP contribution in [0.15, 0.2) is 52.7 Å². The summed E-state index contributed by atoms with van der Waals surface area (Å²) in [6.45, 7) is 0.0721. The molecule has 142 valence electrons. The van der Waals surface area contributed by atoms with E-state index in [9.17, 15) is 9.59 Å². The fourth-order valence-electron chi connectivity index (χ4n) is 2.75. The lowest BCUT2D eigenvalue weighted by Gasteiger charge is -2.16. The van der Waals surface area contributed by atoms with E-state index in [2.05, 4.69) is 10.3 Å². The summed E-state index contributed by atoms with van der Waals surface area (Å²) in [6.07, 6.45) is 0. The Morgan fingerprint density at radius 1 is 1.25 bits per heavy atom. The predicted molar refractivity (Wildman–Crippen MR) is 109 cm³/mol. The Hall–Kier alpha value is -2.84. The zero-order valence-corrected chi connectivity index (χ0v) is 16.6. The molecule has 0 aliphatic carbocycles. The Balaban J connectivity index is 1.44. The van der Waals surface area contributed by atoms with E-state index in [4.69, 9.17) is 9.47 Å². The van der Waals surface area contributed by atoms with Crippen LogP contribution in [0.4, 0.5) is 5.69 Å². The first-order chi connectivity index (χ1) is 13.6. The second-order valence-corrected chi connectivity index (χ2v) is 7.84. The van der Waals surface area contributed by atoms with Crippen molar-refractivity contribution in [2.45, 2.75) is 11.5 Å². The van der Waals surface area contributed by atoms with E-state index in [1.165, 1.54) is 23.1 Å². The highest BCUT2D eigenvalue weighted by atomic mass is 32.2. The van der Waals surface area contributed by atoms with Gasteiger partial charge in [0.2, 0.25) is 5.91 Å². The number of thiazole rings is 1. The average molecular weight is 412 g/mol. The van der Waals surface area contributed by atoms with E-state index in [-0.39, 0.29) is 12.5 Å². The number of aromatic nitrogens is 1. The molecule has 1 aliphatic heterocycles. The van der Waals surface area contributed by atoms with Gasteiger partial charge in [0, 0.05) is 10.3 Å². The number of methoxy groups -OCH3 is 1. The Bertz CT molecular complexity index is 1050. The number of para-hydroxylation sites is 1. The molecule has 6 nitrogen and oxygen atoms in total. The Labute approximate surface area is 169 Å². The molecule has 0 bridgehead atoms. The summed E-state index contributed by atoms with van der Waals surface area (Å²) in [5.74, 6) is 0.595. The summed E-state index contributed by atoms with van der Waals surface area (Å²) < 4.78 is 10.8. The van der Waals surface area contributed by atoms with Crippen molar-refractivity contribution in [1.82, 2.24) is 4.98 Å². The fraction of sp³-hybridized carbons (Fsp3) is 0.150. The molecule has 4 rings (SSSR count). The van der Waals surface area contributed by atoms with E-state index in [0.717, 1.165) is 21.2 Å². The van der Waals surface area contributed by atoms with Crippen LogP contribution in [0.5, 0.6) is 5.75 Å². The number of fused-ring (bicyclic) bond motifs is 1. The second-order valence-electron chi connectivity index (χ2n) is 5.97. The third-order valence-electron chi connectivity index (χ3n) is 4.09. The summed E-state index contributed by atoms with van der Waals surface area (Å²) in [7, 11) is 1.62. The quantitative estimate of drug-likeness (QED) is 0.632. The van der Waals surface area contributed by atoms with Gasteiger partial charge in [-0.15, -0.1) is 23.1 Å². The lowest BCUT2D eigenvalue weighted by Crippen LogP contribution is -2.19. The lowest BCUT2D eigenvalue weighted by molar-refractivity contribution is -0.113. The molecule has 0 spiro atoms. The second kappa shape index (κ2) is 8.04. The highest BCUT2D eigenvalue weighted by Crippen LogP contribution is 2.33. The third kappa shape index (κ3) is 3.88. The average Bonchev–Trinajstić information content (AvgIpc) is 3.20. The Morgan fingerprint density at radius 2 is 2.11 bits per heavy atom. The van der Waals surface area contributed by atoms with E-state index in [1.807, 2.05) is 35.7 Å². The van der Waals surface area contributed by atoms with Crippen LogP contribution >= 0.6 is 23.1 Å². The number of nitrogens with one attached hydrogen (secondary N) is 1. The molecule has 0 atom stereocenters. The SMILES string of the molecule is COc1ccccc1-c1nc(COC(=O)c2ccc3c(c2)NC(=O)CS3)cs1. The normalized spacial score (nSPS) is 12.8. The smallest absolute Gasteiger partial charge is 0.338 e. The summed E-state index contributed by atoms with van der Waals surface area (Å²) in [6, 6.07) is 12.8. The van der Waals surface area contributed by atoms with Crippen LogP contribution < -0.4 is 10.1 Å². The van der Waals surface area contributed by atoms with Gasteiger partial charge >= 0.3 is 5.97 Å². The highest BCUT2D eigenvalue weighted by Gasteiger charge is 2.18. The van der Waals surface area contributed by atoms with E-state index in [0.29, 0.717) is 22.7 Å². The molecule has 2 aromatic carbocycles. The highest BCUT2D eigenvalue weighted by molar-refractivity contribution is 8.00. The third-order valence-corrected chi connectivity index (χ3v) is 6.09. The summed E-state index contributed by atoms with van der Waals surface area (Å²) >= 11 is 2.91. The van der Waals surface area contributed by atoms with Crippen molar-refractivity contribution < 1.29 is 19.1 Å². The number of thioether (sulfide) groups is 1. The van der Waals surface area contributed by atoms with Gasteiger partial charge in [0.1, 0.15) is 17.4 Å². The minimum atomic E-state index is -0.459. The number of esters is 1.